The molecule has 4 aromatic carbocycles. The maximum absolute atomic E-state index is 14.4. The number of fused-ring (bicyclic) bond motifs is 12. The van der Waals surface area contributed by atoms with Crippen LogP contribution in [0.1, 0.15) is 24.0 Å². The molecule has 17 nitrogen and oxygen atoms in total. The molecular formula is C49H41F2N7O10S3. The predicted molar refractivity (Wildman–Crippen MR) is 256 cm³/mol. The summed E-state index contributed by atoms with van der Waals surface area (Å²) in [5.41, 5.74) is -0.153. The van der Waals surface area contributed by atoms with Gasteiger partial charge in [-0.1, -0.05) is 48.6 Å². The summed E-state index contributed by atoms with van der Waals surface area (Å²) < 4.78 is 120. The Morgan fingerprint density at radius 2 is 1.00 bits per heavy atom. The number of amidine groups is 2. The lowest BCUT2D eigenvalue weighted by Crippen LogP contribution is -2.53. The molecule has 4 aliphatic heterocycles. The van der Waals surface area contributed by atoms with Crippen LogP contribution < -0.4 is 14.9 Å². The van der Waals surface area contributed by atoms with Crippen molar-refractivity contribution in [2.24, 2.45) is 44.3 Å². The van der Waals surface area contributed by atoms with Gasteiger partial charge >= 0.3 is 0 Å². The first kappa shape index (κ1) is 45.0. The molecule has 8 unspecified atom stereocenters. The molecule has 0 saturated heterocycles. The second kappa shape index (κ2) is 15.7. The van der Waals surface area contributed by atoms with E-state index in [2.05, 4.69) is 19.4 Å². The molecule has 0 aromatic heterocycles. The molecule has 2 saturated carbocycles. The van der Waals surface area contributed by atoms with Crippen molar-refractivity contribution in [2.45, 2.75) is 47.8 Å². The fraction of sp³-hybridized carbons (Fsp3) is 0.265. The summed E-state index contributed by atoms with van der Waals surface area (Å²) in [5.74, 6) is -5.40. The van der Waals surface area contributed by atoms with E-state index in [0.29, 0.717) is 24.0 Å². The van der Waals surface area contributed by atoms with Crippen LogP contribution in [0.2, 0.25) is 0 Å². The lowest BCUT2D eigenvalue weighted by atomic mass is 9.80. The van der Waals surface area contributed by atoms with Gasteiger partial charge in [-0.2, -0.15) is 16.8 Å². The quantitative estimate of drug-likeness (QED) is 0.138. The molecule has 4 N–H and O–H groups in total. The Hall–Kier alpha value is -7.17. The second-order valence-electron chi connectivity index (χ2n) is 19.0. The number of amides is 2. The van der Waals surface area contributed by atoms with E-state index in [9.17, 15) is 53.8 Å². The molecule has 2 amide bonds. The normalized spacial score (nSPS) is 28.2. The minimum Gasteiger partial charge on any atom is -0.511 e. The van der Waals surface area contributed by atoms with Gasteiger partial charge in [0.05, 0.1) is 29.0 Å². The summed E-state index contributed by atoms with van der Waals surface area (Å²) in [4.78, 5) is 30.9. The summed E-state index contributed by atoms with van der Waals surface area (Å²) in [5, 5.41) is 29.3. The van der Waals surface area contributed by atoms with E-state index in [0.717, 1.165) is 22.7 Å². The summed E-state index contributed by atoms with van der Waals surface area (Å²) in [7, 11) is -13.9. The van der Waals surface area contributed by atoms with E-state index >= 15 is 0 Å². The number of carbonyl (C=O) groups excluding carboxylic acids is 2. The van der Waals surface area contributed by atoms with Crippen molar-refractivity contribution in [2.75, 3.05) is 21.2 Å². The molecular weight excluding hydrogens is 981 g/mol. The standard InChI is InChI=1S/C49H41F2N7O10S3/c1-69(63,64)58(32-14-16-34-36(20-32)70(65,66)54-46(52-34)40-44(59)38-26-6-8-28(18-26)42(38)56(48(40)61)22-24-2-10-30(50)11-3-24)33-15-17-35-37(21-33)71(67,68)55-47(53-35)41-45(60)39-27-7-9-29(19-27)43(39)57(49(41)62)23-25-4-12-31(51)13-5-25/h2-17,20-21,26-29,38-39,42-43,59-60H,18-19,22-23H2,1H3,(H,52,54)(H,53,55). The van der Waals surface area contributed by atoms with Gasteiger partial charge in [0.1, 0.15) is 44.1 Å². The lowest BCUT2D eigenvalue weighted by Gasteiger charge is -2.42. The van der Waals surface area contributed by atoms with Crippen LogP contribution in [0.25, 0.3) is 0 Å². The third-order valence-electron chi connectivity index (χ3n) is 14.9. The van der Waals surface area contributed by atoms with Crippen LogP contribution in [-0.4, -0.2) is 87.1 Å². The first-order chi connectivity index (χ1) is 33.8. The molecule has 8 atom stereocenters. The summed E-state index contributed by atoms with van der Waals surface area (Å²) in [6.45, 7) is 0.0886. The molecule has 71 heavy (non-hydrogen) atoms. The number of nitrogens with one attached hydrogen (secondary N) is 2. The highest BCUT2D eigenvalue weighted by atomic mass is 32.2. The van der Waals surface area contributed by atoms with Gasteiger partial charge in [-0.05, 0) is 108 Å². The van der Waals surface area contributed by atoms with Crippen molar-refractivity contribution in [3.63, 3.8) is 0 Å². The average Bonchev–Trinajstić information content (AvgIpc) is 4.14. The number of allylic oxidation sites excluding steroid dienone is 2. The number of halogens is 2. The zero-order chi connectivity index (χ0) is 49.6. The van der Waals surface area contributed by atoms with Gasteiger partial charge in [-0.25, -0.2) is 21.5 Å². The van der Waals surface area contributed by atoms with Crippen LogP contribution in [0.4, 0.5) is 31.5 Å². The minimum absolute atomic E-state index is 0.0443. The molecule has 2 fully saturated rings. The Bertz CT molecular complexity index is 3400. The van der Waals surface area contributed by atoms with Gasteiger partial charge < -0.3 is 30.6 Å². The molecule has 12 rings (SSSR count). The van der Waals surface area contributed by atoms with Gasteiger partial charge in [-0.3, -0.25) is 9.59 Å². The monoisotopic (exact) mass is 1020 g/mol. The number of rotatable bonds is 9. The van der Waals surface area contributed by atoms with Gasteiger partial charge in [0.15, 0.2) is 11.7 Å². The predicted octanol–water partition coefficient (Wildman–Crippen LogP) is 6.18. The number of benzene rings is 4. The maximum atomic E-state index is 14.4. The van der Waals surface area contributed by atoms with Crippen LogP contribution in [0.3, 0.4) is 0 Å². The third kappa shape index (κ3) is 7.11. The number of anilines is 4. The number of aliphatic hydroxyl groups excluding tert-OH is 2. The van der Waals surface area contributed by atoms with Gasteiger partial charge in [0.25, 0.3) is 31.9 Å². The second-order valence-corrected chi connectivity index (χ2v) is 24.0. The first-order valence-electron chi connectivity index (χ1n) is 22.6. The number of hydrogen-bond donors (Lipinski definition) is 4. The number of nitrogens with zero attached hydrogens (tertiary/aromatic N) is 5. The van der Waals surface area contributed by atoms with Crippen LogP contribution in [-0.2, 0) is 52.7 Å². The molecule has 4 aromatic rings. The number of carbonyl (C=O) groups is 2. The van der Waals surface area contributed by atoms with Crippen molar-refractivity contribution < 1.29 is 53.8 Å². The SMILES string of the molecule is CS(=O)(=O)N(c1ccc2c(c1)S(=O)(=O)N=C(C1=C(O)C3C4C=CC(C4)C3N(Cc3ccc(F)cc3)C1=O)N2)c1ccc2c(c1)S(=O)(=O)N=C(C1=C(O)C3C4C=CC(C4)C3N(Cc3ccc(F)cc3)C1=O)N2. The van der Waals surface area contributed by atoms with Crippen molar-refractivity contribution in [3.05, 3.63) is 155 Å². The van der Waals surface area contributed by atoms with Crippen molar-refractivity contribution in [1.29, 1.82) is 0 Å². The molecule has 4 heterocycles. The summed E-state index contributed by atoms with van der Waals surface area (Å²) in [6, 6.07) is 17.4. The van der Waals surface area contributed by atoms with Gasteiger partial charge in [0, 0.05) is 37.0 Å². The van der Waals surface area contributed by atoms with Crippen LogP contribution >= 0.6 is 0 Å². The molecule has 0 radical (unpaired) electrons. The fourth-order valence-electron chi connectivity index (χ4n) is 11.9. The van der Waals surface area contributed by atoms with E-state index in [1.54, 1.807) is 34.1 Å². The van der Waals surface area contributed by atoms with E-state index in [4.69, 9.17) is 0 Å². The Morgan fingerprint density at radius 1 is 0.620 bits per heavy atom. The zero-order valence-corrected chi connectivity index (χ0v) is 39.7. The Kier molecular flexibility index (Phi) is 9.93. The van der Waals surface area contributed by atoms with Crippen LogP contribution in [0, 0.1) is 47.1 Å². The topological polar surface area (TPSA) is 236 Å². The van der Waals surface area contributed by atoms with Crippen molar-refractivity contribution >= 4 is 76.3 Å². The highest BCUT2D eigenvalue weighted by molar-refractivity contribution is 7.92. The molecule has 364 valence electrons. The van der Waals surface area contributed by atoms with Crippen LogP contribution in [0.5, 0.6) is 0 Å². The largest absolute Gasteiger partial charge is 0.511 e. The van der Waals surface area contributed by atoms with E-state index < -0.39 is 98.9 Å². The number of aliphatic hydroxyl groups is 2. The van der Waals surface area contributed by atoms with E-state index in [-0.39, 0.29) is 82.2 Å². The van der Waals surface area contributed by atoms with Crippen molar-refractivity contribution in [1.82, 2.24) is 9.80 Å². The lowest BCUT2D eigenvalue weighted by molar-refractivity contribution is -0.133. The van der Waals surface area contributed by atoms with Gasteiger partial charge in [0.2, 0.25) is 10.0 Å². The van der Waals surface area contributed by atoms with E-state index in [1.807, 2.05) is 24.3 Å². The Labute approximate surface area is 406 Å². The minimum atomic E-state index is -4.74. The Balaban J connectivity index is 0.859. The highest BCUT2D eigenvalue weighted by Crippen LogP contribution is 2.54. The maximum Gasteiger partial charge on any atom is 0.286 e. The summed E-state index contributed by atoms with van der Waals surface area (Å²) >= 11 is 0. The number of sulfonamides is 3. The summed E-state index contributed by atoms with van der Waals surface area (Å²) in [6.07, 6.45) is 10.1. The molecule has 8 aliphatic rings. The fourth-order valence-corrected chi connectivity index (χ4v) is 15.2. The number of hydrogen-bond acceptors (Lipinski definition) is 12. The zero-order valence-electron chi connectivity index (χ0n) is 37.2. The molecule has 0 spiro atoms. The average molecular weight is 1020 g/mol. The molecule has 22 heteroatoms. The van der Waals surface area contributed by atoms with Crippen LogP contribution in [0.15, 0.2) is 150 Å². The molecule has 4 aliphatic carbocycles. The molecule has 4 bridgehead atoms. The highest BCUT2D eigenvalue weighted by Gasteiger charge is 2.57. The smallest absolute Gasteiger partial charge is 0.286 e. The van der Waals surface area contributed by atoms with E-state index in [1.165, 1.54) is 48.5 Å². The van der Waals surface area contributed by atoms with Gasteiger partial charge in [-0.15, -0.1) is 8.80 Å². The Morgan fingerprint density at radius 3 is 1.38 bits per heavy atom. The third-order valence-corrected chi connectivity index (χ3v) is 18.6. The van der Waals surface area contributed by atoms with Crippen molar-refractivity contribution in [3.8, 4) is 0 Å². The first-order valence-corrected chi connectivity index (χ1v) is 27.4.